The second-order valence-electron chi connectivity index (χ2n) is 7.94. The van der Waals surface area contributed by atoms with Crippen molar-refractivity contribution in [2.45, 2.75) is 31.6 Å². The van der Waals surface area contributed by atoms with Crippen LogP contribution in [0.2, 0.25) is 0 Å². The van der Waals surface area contributed by atoms with Gasteiger partial charge in [-0.25, -0.2) is 8.42 Å². The molecule has 1 heterocycles. The fourth-order valence-electron chi connectivity index (χ4n) is 3.74. The molecule has 1 aromatic carbocycles. The van der Waals surface area contributed by atoms with Crippen molar-refractivity contribution in [2.24, 2.45) is 0 Å². The minimum atomic E-state index is -4.03. The molecule has 182 valence electrons. The van der Waals surface area contributed by atoms with E-state index in [9.17, 15) is 26.9 Å². The molecule has 13 heteroatoms. The number of sulfonamides is 1. The first-order valence-corrected chi connectivity index (χ1v) is 13.7. The van der Waals surface area contributed by atoms with Crippen LogP contribution in [-0.2, 0) is 24.3 Å². The molecule has 2 rings (SSSR count). The van der Waals surface area contributed by atoms with Crippen LogP contribution < -0.4 is 4.90 Å². The number of nitro benzene ring substituents is 1. The summed E-state index contributed by atoms with van der Waals surface area (Å²) < 4.78 is 56.3. The number of nitrogens with zero attached hydrogens (tertiary/aromatic N) is 4. The molecule has 0 bridgehead atoms. The van der Waals surface area contributed by atoms with Crippen LogP contribution in [0.25, 0.3) is 0 Å². The number of benzene rings is 1. The number of aryl methyl sites for hydroxylation is 1. The predicted octanol–water partition coefficient (Wildman–Crippen LogP) is 1.42. The van der Waals surface area contributed by atoms with Crippen LogP contribution in [0, 0.1) is 17.0 Å². The summed E-state index contributed by atoms with van der Waals surface area (Å²) in [6.45, 7) is 5.83. The van der Waals surface area contributed by atoms with E-state index >= 15 is 0 Å². The third-order valence-corrected chi connectivity index (χ3v) is 7.73. The molecule has 0 atom stereocenters. The zero-order chi connectivity index (χ0) is 24.1. The summed E-state index contributed by atoms with van der Waals surface area (Å²) in [7, 11) is -5.77. The molecule has 0 aliphatic carbocycles. The largest absolute Gasteiger partial charge is 0.368 e. The second kappa shape index (κ2) is 10.9. The van der Waals surface area contributed by atoms with Gasteiger partial charge in [0.1, 0.15) is 4.90 Å². The van der Waals surface area contributed by atoms with Crippen molar-refractivity contribution >= 4 is 31.5 Å². The van der Waals surface area contributed by atoms with Gasteiger partial charge in [0.2, 0.25) is 10.0 Å². The van der Waals surface area contributed by atoms with E-state index < -0.39 is 25.1 Å². The molecule has 1 aliphatic heterocycles. The Kier molecular flexibility index (Phi) is 8.99. The van der Waals surface area contributed by atoms with Crippen LogP contribution in [-0.4, -0.2) is 90.1 Å². The van der Waals surface area contributed by atoms with E-state index in [0.717, 1.165) is 18.9 Å². The normalized spacial score (nSPS) is 16.6. The van der Waals surface area contributed by atoms with E-state index in [2.05, 4.69) is 0 Å². The summed E-state index contributed by atoms with van der Waals surface area (Å²) in [4.78, 5) is 14.5. The maximum absolute atomic E-state index is 13.7. The topological polar surface area (TPSA) is 130 Å². The van der Waals surface area contributed by atoms with Crippen LogP contribution in [0.5, 0.6) is 0 Å². The number of rotatable bonds is 10. The van der Waals surface area contributed by atoms with Gasteiger partial charge in [-0.2, -0.15) is 12.7 Å². The van der Waals surface area contributed by atoms with Gasteiger partial charge in [-0.1, -0.05) is 6.92 Å². The van der Waals surface area contributed by atoms with Gasteiger partial charge in [0.15, 0.2) is 0 Å². The highest BCUT2D eigenvalue weighted by Gasteiger charge is 2.33. The molecule has 11 nitrogen and oxygen atoms in total. The van der Waals surface area contributed by atoms with Gasteiger partial charge in [0.25, 0.3) is 15.8 Å². The summed E-state index contributed by atoms with van der Waals surface area (Å²) in [5, 5.41) is 11.5. The predicted molar refractivity (Wildman–Crippen MR) is 122 cm³/mol. The molecule has 32 heavy (non-hydrogen) atoms. The van der Waals surface area contributed by atoms with Crippen LogP contribution in [0.4, 0.5) is 11.4 Å². The number of hydrogen-bond donors (Lipinski definition) is 0. The molecule has 1 aliphatic rings. The Hall–Kier alpha value is -1.80. The minimum Gasteiger partial charge on any atom is -0.368 e. The molecule has 1 aromatic rings. The lowest BCUT2D eigenvalue weighted by Crippen LogP contribution is -2.37. The monoisotopic (exact) mass is 492 g/mol. The first-order chi connectivity index (χ1) is 14.9. The number of hydrogen-bond acceptors (Lipinski definition) is 9. The molecule has 0 unspecified atom stereocenters. The Balaban J connectivity index is 2.57. The Morgan fingerprint density at radius 2 is 1.81 bits per heavy atom. The van der Waals surface area contributed by atoms with Crippen LogP contribution in [0.15, 0.2) is 17.0 Å². The van der Waals surface area contributed by atoms with Gasteiger partial charge >= 0.3 is 0 Å². The van der Waals surface area contributed by atoms with Crippen molar-refractivity contribution in [3.8, 4) is 0 Å². The highest BCUT2D eigenvalue weighted by molar-refractivity contribution is 7.89. The number of nitro groups is 1. The average molecular weight is 493 g/mol. The van der Waals surface area contributed by atoms with Crippen molar-refractivity contribution in [1.29, 1.82) is 0 Å². The number of likely N-dealkylation sites (N-methyl/N-ethyl adjacent to an activating group) is 1. The Bertz CT molecular complexity index is 1030. The van der Waals surface area contributed by atoms with Crippen LogP contribution in [0.3, 0.4) is 0 Å². The SMILES string of the molecule is CCCN(CCOS(C)(=O)=O)c1c(C)cc([N+](=O)[O-])cc1S(=O)(=O)N1CCCN(C)CC1. The molecule has 0 saturated carbocycles. The van der Waals surface area contributed by atoms with Crippen molar-refractivity contribution in [2.75, 3.05) is 64.1 Å². The van der Waals surface area contributed by atoms with Gasteiger partial charge in [-0.05, 0) is 38.9 Å². The quantitative estimate of drug-likeness (QED) is 0.270. The van der Waals surface area contributed by atoms with E-state index in [1.165, 1.54) is 10.4 Å². The molecule has 1 saturated heterocycles. The summed E-state index contributed by atoms with van der Waals surface area (Å²) >= 11 is 0. The van der Waals surface area contributed by atoms with Gasteiger partial charge in [-0.15, -0.1) is 0 Å². The highest BCUT2D eigenvalue weighted by atomic mass is 32.2. The van der Waals surface area contributed by atoms with E-state index in [1.807, 2.05) is 18.9 Å². The lowest BCUT2D eigenvalue weighted by Gasteiger charge is -2.30. The minimum absolute atomic E-state index is 0.116. The molecule has 0 spiro atoms. The summed E-state index contributed by atoms with van der Waals surface area (Å²) in [6, 6.07) is 2.44. The van der Waals surface area contributed by atoms with Crippen molar-refractivity contribution < 1.29 is 25.9 Å². The summed E-state index contributed by atoms with van der Waals surface area (Å²) in [5.41, 5.74) is 0.463. The van der Waals surface area contributed by atoms with E-state index in [0.29, 0.717) is 43.7 Å². The average Bonchev–Trinajstić information content (AvgIpc) is 2.90. The van der Waals surface area contributed by atoms with E-state index in [-0.39, 0.29) is 30.3 Å². The van der Waals surface area contributed by atoms with Crippen LogP contribution in [0.1, 0.15) is 25.3 Å². The third kappa shape index (κ3) is 6.85. The first-order valence-electron chi connectivity index (χ1n) is 10.4. The first kappa shape index (κ1) is 26.5. The second-order valence-corrected chi connectivity index (χ2v) is 11.5. The third-order valence-electron chi connectivity index (χ3n) is 5.23. The molecule has 1 fully saturated rings. The smallest absolute Gasteiger partial charge is 0.271 e. The molecular weight excluding hydrogens is 460 g/mol. The van der Waals surface area contributed by atoms with Crippen molar-refractivity contribution in [1.82, 2.24) is 9.21 Å². The molecule has 0 amide bonds. The number of non-ortho nitro benzene ring substituents is 1. The van der Waals surface area contributed by atoms with Gasteiger partial charge < -0.3 is 9.80 Å². The molecule has 0 N–H and O–H groups in total. The summed E-state index contributed by atoms with van der Waals surface area (Å²) in [5.74, 6) is 0. The van der Waals surface area contributed by atoms with Crippen molar-refractivity contribution in [3.63, 3.8) is 0 Å². The standard InChI is InChI=1S/C19H32N4O7S2/c1-5-7-21(12-13-30-31(4,26)27)19-16(2)14-17(23(24)25)15-18(19)32(28,29)22-9-6-8-20(3)10-11-22/h14-15H,5-13H2,1-4H3. The summed E-state index contributed by atoms with van der Waals surface area (Å²) in [6.07, 6.45) is 2.25. The van der Waals surface area contributed by atoms with E-state index in [1.54, 1.807) is 11.8 Å². The lowest BCUT2D eigenvalue weighted by molar-refractivity contribution is -0.385. The van der Waals surface area contributed by atoms with Gasteiger partial charge in [-0.3, -0.25) is 14.3 Å². The molecule has 0 aromatic heterocycles. The zero-order valence-corrected chi connectivity index (χ0v) is 20.6. The van der Waals surface area contributed by atoms with Gasteiger partial charge in [0.05, 0.1) is 23.5 Å². The fraction of sp³-hybridized carbons (Fsp3) is 0.684. The highest BCUT2D eigenvalue weighted by Crippen LogP contribution is 2.35. The van der Waals surface area contributed by atoms with E-state index in [4.69, 9.17) is 4.18 Å². The zero-order valence-electron chi connectivity index (χ0n) is 19.0. The van der Waals surface area contributed by atoms with Crippen LogP contribution >= 0.6 is 0 Å². The van der Waals surface area contributed by atoms with Crippen molar-refractivity contribution in [3.05, 3.63) is 27.8 Å². The maximum Gasteiger partial charge on any atom is 0.271 e. The fourth-order valence-corrected chi connectivity index (χ4v) is 5.89. The number of anilines is 1. The molecular formula is C19H32N4O7S2. The molecule has 0 radical (unpaired) electrons. The Morgan fingerprint density at radius 1 is 1.12 bits per heavy atom. The Morgan fingerprint density at radius 3 is 2.41 bits per heavy atom. The lowest BCUT2D eigenvalue weighted by atomic mass is 10.1. The van der Waals surface area contributed by atoms with Gasteiger partial charge in [0, 0.05) is 44.9 Å². The maximum atomic E-state index is 13.7. The Labute approximate surface area is 190 Å².